The van der Waals surface area contributed by atoms with Gasteiger partial charge in [-0.3, -0.25) is 9.78 Å². The van der Waals surface area contributed by atoms with E-state index in [1.54, 1.807) is 30.5 Å². The zero-order valence-corrected chi connectivity index (χ0v) is 15.0. The Morgan fingerprint density at radius 1 is 1.00 bits per heavy atom. The lowest BCUT2D eigenvalue weighted by atomic mass is 10.3. The maximum Gasteiger partial charge on any atom is 0.258 e. The fourth-order valence-corrected chi connectivity index (χ4v) is 1.91. The van der Waals surface area contributed by atoms with Crippen LogP contribution in [-0.4, -0.2) is 37.3 Å². The molecule has 0 aliphatic rings. The minimum absolute atomic E-state index is 0.0683. The monoisotopic (exact) mass is 354 g/mol. The Labute approximate surface area is 153 Å². The summed E-state index contributed by atoms with van der Waals surface area (Å²) in [5, 5.41) is 2.66. The third kappa shape index (κ3) is 7.14. The molecule has 0 saturated carbocycles. The topological polar surface area (TPSA) is 69.7 Å². The average Bonchev–Trinajstić information content (AvgIpc) is 2.65. The van der Waals surface area contributed by atoms with Crippen LogP contribution >= 0.6 is 0 Å². The molecule has 0 saturated heterocycles. The number of hydrogen-bond acceptors (Lipinski definition) is 5. The lowest BCUT2D eigenvalue weighted by molar-refractivity contribution is -0.122. The van der Waals surface area contributed by atoms with Crippen molar-refractivity contribution >= 4 is 5.91 Å². The third-order valence-electron chi connectivity index (χ3n) is 3.20. The number of hydrogen-bond donors (Lipinski definition) is 1. The summed E-state index contributed by atoms with van der Waals surface area (Å²) < 4.78 is 16.2. The molecule has 2 aromatic rings. The quantitative estimate of drug-likeness (QED) is 0.737. The van der Waals surface area contributed by atoms with Crippen LogP contribution in [0.2, 0.25) is 0 Å². The van der Waals surface area contributed by atoms with E-state index in [1.807, 2.05) is 26.0 Å². The van der Waals surface area contributed by atoms with E-state index < -0.39 is 0 Å². The van der Waals surface area contributed by atoms with Gasteiger partial charge in [-0.15, -0.1) is 0 Å². The second-order valence-corrected chi connectivity index (χ2v) is 5.25. The fourth-order valence-electron chi connectivity index (χ4n) is 1.91. The number of aryl methyl sites for hydroxylation is 1. The van der Waals surface area contributed by atoms with Crippen molar-refractivity contribution in [2.45, 2.75) is 13.8 Å². The van der Waals surface area contributed by atoms with Gasteiger partial charge in [0.2, 0.25) is 0 Å². The molecule has 0 aliphatic carbocycles. The highest BCUT2D eigenvalue weighted by atomic mass is 16.5. The molecule has 6 heteroatoms. The molecule has 1 heterocycles. The normalized spacial score (nSPS) is 9.62. The van der Waals surface area contributed by atoms with Crippen molar-refractivity contribution in [3.05, 3.63) is 48.3 Å². The van der Waals surface area contributed by atoms with Crippen molar-refractivity contribution in [2.75, 3.05) is 26.4 Å². The lowest BCUT2D eigenvalue weighted by Gasteiger charge is -2.07. The average molecular weight is 354 g/mol. The van der Waals surface area contributed by atoms with Gasteiger partial charge in [-0.1, -0.05) is 11.8 Å². The molecule has 0 spiro atoms. The van der Waals surface area contributed by atoms with Gasteiger partial charge in [0, 0.05) is 5.69 Å². The number of amides is 1. The van der Waals surface area contributed by atoms with Crippen LogP contribution in [0.15, 0.2) is 42.6 Å². The van der Waals surface area contributed by atoms with Gasteiger partial charge in [0.25, 0.3) is 5.91 Å². The summed E-state index contributed by atoms with van der Waals surface area (Å²) in [6.07, 6.45) is 1.65. The molecular weight excluding hydrogens is 332 g/mol. The van der Waals surface area contributed by atoms with Gasteiger partial charge in [0.1, 0.15) is 23.9 Å². The Morgan fingerprint density at radius 2 is 1.69 bits per heavy atom. The Bertz CT molecular complexity index is 746. The van der Waals surface area contributed by atoms with Crippen LogP contribution in [0.3, 0.4) is 0 Å². The third-order valence-corrected chi connectivity index (χ3v) is 3.20. The largest absolute Gasteiger partial charge is 0.494 e. The summed E-state index contributed by atoms with van der Waals surface area (Å²) in [4.78, 5) is 15.8. The van der Waals surface area contributed by atoms with Gasteiger partial charge >= 0.3 is 0 Å². The van der Waals surface area contributed by atoms with Crippen LogP contribution in [-0.2, 0) is 4.79 Å². The SMILES string of the molecule is CCOc1ccc(OCC(=O)NCC#CCOc2ccc(C)nc2)cc1. The number of nitrogens with one attached hydrogen (secondary N) is 1. The molecule has 136 valence electrons. The fraction of sp³-hybridized carbons (Fsp3) is 0.300. The first-order chi connectivity index (χ1) is 12.7. The van der Waals surface area contributed by atoms with E-state index in [4.69, 9.17) is 14.2 Å². The molecule has 6 nitrogen and oxygen atoms in total. The first-order valence-electron chi connectivity index (χ1n) is 8.31. The lowest BCUT2D eigenvalue weighted by Crippen LogP contribution is -2.29. The smallest absolute Gasteiger partial charge is 0.258 e. The second kappa shape index (κ2) is 10.6. The van der Waals surface area contributed by atoms with Gasteiger partial charge in [0.05, 0.1) is 19.3 Å². The van der Waals surface area contributed by atoms with Crippen molar-refractivity contribution in [2.24, 2.45) is 0 Å². The molecular formula is C20H22N2O4. The van der Waals surface area contributed by atoms with Crippen LogP contribution in [0.5, 0.6) is 17.2 Å². The Hall–Kier alpha value is -3.20. The summed E-state index contributed by atoms with van der Waals surface area (Å²) in [6.45, 7) is 4.84. The van der Waals surface area contributed by atoms with E-state index in [1.165, 1.54) is 0 Å². The summed E-state index contributed by atoms with van der Waals surface area (Å²) in [6, 6.07) is 10.8. The molecule has 0 atom stereocenters. The Morgan fingerprint density at radius 3 is 2.35 bits per heavy atom. The van der Waals surface area contributed by atoms with Gasteiger partial charge in [-0.25, -0.2) is 0 Å². The number of nitrogens with zero attached hydrogens (tertiary/aromatic N) is 1. The zero-order chi connectivity index (χ0) is 18.6. The molecule has 0 fully saturated rings. The molecule has 2 rings (SSSR count). The highest BCUT2D eigenvalue weighted by Crippen LogP contribution is 2.17. The molecule has 0 bridgehead atoms. The van der Waals surface area contributed by atoms with Crippen LogP contribution in [0.4, 0.5) is 0 Å². The van der Waals surface area contributed by atoms with E-state index in [0.29, 0.717) is 18.1 Å². The molecule has 26 heavy (non-hydrogen) atoms. The maximum absolute atomic E-state index is 11.7. The van der Waals surface area contributed by atoms with Crippen LogP contribution in [0.1, 0.15) is 12.6 Å². The van der Waals surface area contributed by atoms with Gasteiger partial charge < -0.3 is 19.5 Å². The molecule has 1 N–H and O–H groups in total. The summed E-state index contributed by atoms with van der Waals surface area (Å²) in [7, 11) is 0. The standard InChI is InChI=1S/C20H22N2O4/c1-3-24-17-8-10-18(11-9-17)26-15-20(23)21-12-4-5-13-25-19-7-6-16(2)22-14-19/h6-11,14H,3,12-13,15H2,1-2H3,(H,21,23). The zero-order valence-electron chi connectivity index (χ0n) is 15.0. The second-order valence-electron chi connectivity index (χ2n) is 5.25. The maximum atomic E-state index is 11.7. The van der Waals surface area contributed by atoms with E-state index in [0.717, 1.165) is 11.4 Å². The summed E-state index contributed by atoms with van der Waals surface area (Å²) in [5.41, 5.74) is 0.929. The van der Waals surface area contributed by atoms with Crippen molar-refractivity contribution in [3.63, 3.8) is 0 Å². The predicted octanol–water partition coefficient (Wildman–Crippen LogP) is 2.37. The molecule has 0 radical (unpaired) electrons. The number of benzene rings is 1. The minimum atomic E-state index is -0.239. The van der Waals surface area contributed by atoms with Gasteiger partial charge in [0.15, 0.2) is 6.61 Å². The minimum Gasteiger partial charge on any atom is -0.494 e. The highest BCUT2D eigenvalue weighted by Gasteiger charge is 2.01. The Kier molecular flexibility index (Phi) is 7.81. The summed E-state index contributed by atoms with van der Waals surface area (Å²) in [5.74, 6) is 7.44. The van der Waals surface area contributed by atoms with E-state index in [-0.39, 0.29) is 25.7 Å². The van der Waals surface area contributed by atoms with Crippen molar-refractivity contribution in [1.29, 1.82) is 0 Å². The number of pyridine rings is 1. The molecule has 1 aromatic carbocycles. The molecule has 0 aliphatic heterocycles. The predicted molar refractivity (Wildman–Crippen MR) is 98.4 cm³/mol. The van der Waals surface area contributed by atoms with E-state index in [9.17, 15) is 4.79 Å². The van der Waals surface area contributed by atoms with Crippen LogP contribution in [0, 0.1) is 18.8 Å². The van der Waals surface area contributed by atoms with Crippen LogP contribution < -0.4 is 19.5 Å². The molecule has 1 amide bonds. The van der Waals surface area contributed by atoms with Crippen LogP contribution in [0.25, 0.3) is 0 Å². The number of ether oxygens (including phenoxy) is 3. The van der Waals surface area contributed by atoms with E-state index >= 15 is 0 Å². The van der Waals surface area contributed by atoms with Gasteiger partial charge in [-0.2, -0.15) is 0 Å². The first kappa shape index (κ1) is 19.1. The number of carbonyl (C=O) groups excluding carboxylic acids is 1. The summed E-state index contributed by atoms with van der Waals surface area (Å²) >= 11 is 0. The first-order valence-corrected chi connectivity index (χ1v) is 8.31. The van der Waals surface area contributed by atoms with Crippen molar-refractivity contribution in [3.8, 4) is 29.1 Å². The number of rotatable bonds is 8. The number of aromatic nitrogens is 1. The number of carbonyl (C=O) groups is 1. The highest BCUT2D eigenvalue weighted by molar-refractivity contribution is 5.77. The molecule has 0 unspecified atom stereocenters. The Balaban J connectivity index is 1.60. The van der Waals surface area contributed by atoms with Gasteiger partial charge in [-0.05, 0) is 50.2 Å². The van der Waals surface area contributed by atoms with Crippen molar-refractivity contribution < 1.29 is 19.0 Å². The van der Waals surface area contributed by atoms with Crippen molar-refractivity contribution in [1.82, 2.24) is 10.3 Å². The van der Waals surface area contributed by atoms with E-state index in [2.05, 4.69) is 22.1 Å². The molecule has 1 aromatic heterocycles.